The fraction of sp³-hybridized carbons (Fsp3) is 0.250. The van der Waals surface area contributed by atoms with Gasteiger partial charge in [-0.1, -0.05) is 0 Å². The Bertz CT molecular complexity index is 536. The van der Waals surface area contributed by atoms with E-state index in [9.17, 15) is 4.79 Å². The van der Waals surface area contributed by atoms with E-state index in [0.29, 0.717) is 5.69 Å². The molecule has 0 bridgehead atoms. The van der Waals surface area contributed by atoms with Crippen LogP contribution in [-0.4, -0.2) is 20.3 Å². The number of imidazole rings is 1. The summed E-state index contributed by atoms with van der Waals surface area (Å²) >= 11 is 3.33. The average molecular weight is 294 g/mol. The molecular weight excluding hydrogens is 282 g/mol. The molecule has 0 aromatic carbocycles. The van der Waals surface area contributed by atoms with Gasteiger partial charge in [0.05, 0.1) is 6.42 Å². The lowest BCUT2D eigenvalue weighted by atomic mass is 10.2. The minimum atomic E-state index is -0.0293. The summed E-state index contributed by atoms with van der Waals surface area (Å²) in [7, 11) is 0. The summed E-state index contributed by atoms with van der Waals surface area (Å²) in [5.41, 5.74) is 0.457. The molecule has 0 fully saturated rings. The summed E-state index contributed by atoms with van der Waals surface area (Å²) in [4.78, 5) is 20.3. The van der Waals surface area contributed by atoms with E-state index in [1.54, 1.807) is 18.5 Å². The first-order chi connectivity index (χ1) is 8.22. The van der Waals surface area contributed by atoms with Gasteiger partial charge in [0, 0.05) is 29.6 Å². The first-order valence-electron chi connectivity index (χ1n) is 5.36. The van der Waals surface area contributed by atoms with Gasteiger partial charge in [-0.2, -0.15) is 0 Å². The van der Waals surface area contributed by atoms with E-state index in [1.165, 1.54) is 0 Å². The Balaban J connectivity index is 2.20. The molecule has 0 aliphatic carbocycles. The number of nitrogens with zero attached hydrogens (tertiary/aromatic N) is 3. The molecule has 0 aliphatic rings. The Morgan fingerprint density at radius 2 is 2.24 bits per heavy atom. The summed E-state index contributed by atoms with van der Waals surface area (Å²) in [5, 5.41) is 0. The highest BCUT2D eigenvalue weighted by Gasteiger charge is 2.14. The van der Waals surface area contributed by atoms with E-state index in [2.05, 4.69) is 25.9 Å². The minimum absolute atomic E-state index is 0.0293. The van der Waals surface area contributed by atoms with Crippen LogP contribution in [0.2, 0.25) is 0 Å². The Labute approximate surface area is 108 Å². The quantitative estimate of drug-likeness (QED) is 0.814. The van der Waals surface area contributed by atoms with Gasteiger partial charge in [-0.25, -0.2) is 4.98 Å². The van der Waals surface area contributed by atoms with E-state index >= 15 is 0 Å². The maximum absolute atomic E-state index is 12.1. The van der Waals surface area contributed by atoms with Crippen molar-refractivity contribution in [1.82, 2.24) is 14.5 Å². The fourth-order valence-electron chi connectivity index (χ4n) is 1.61. The van der Waals surface area contributed by atoms with Crippen molar-refractivity contribution in [1.29, 1.82) is 0 Å². The van der Waals surface area contributed by atoms with Crippen LogP contribution in [0.25, 0.3) is 0 Å². The number of hydrogen-bond acceptors (Lipinski definition) is 3. The van der Waals surface area contributed by atoms with Crippen LogP contribution in [0.3, 0.4) is 0 Å². The molecule has 0 amide bonds. The van der Waals surface area contributed by atoms with Crippen molar-refractivity contribution in [3.63, 3.8) is 0 Å². The van der Waals surface area contributed by atoms with Crippen LogP contribution < -0.4 is 0 Å². The smallest absolute Gasteiger partial charge is 0.189 e. The molecule has 4 nitrogen and oxygen atoms in total. The second-order valence-electron chi connectivity index (χ2n) is 3.56. The average Bonchev–Trinajstić information content (AvgIpc) is 2.76. The lowest BCUT2D eigenvalue weighted by Gasteiger charge is -2.04. The molecule has 0 atom stereocenters. The van der Waals surface area contributed by atoms with Crippen molar-refractivity contribution in [2.24, 2.45) is 0 Å². The molecule has 2 aromatic rings. The number of aromatic nitrogens is 3. The number of aryl methyl sites for hydroxylation is 1. The van der Waals surface area contributed by atoms with Gasteiger partial charge in [-0.15, -0.1) is 0 Å². The van der Waals surface area contributed by atoms with Gasteiger partial charge >= 0.3 is 0 Å². The van der Waals surface area contributed by atoms with E-state index in [4.69, 9.17) is 0 Å². The van der Waals surface area contributed by atoms with Crippen LogP contribution in [0.5, 0.6) is 0 Å². The van der Waals surface area contributed by atoms with Gasteiger partial charge in [0.25, 0.3) is 0 Å². The van der Waals surface area contributed by atoms with Crippen molar-refractivity contribution >= 4 is 21.7 Å². The molecule has 5 heteroatoms. The van der Waals surface area contributed by atoms with Gasteiger partial charge < -0.3 is 4.57 Å². The predicted molar refractivity (Wildman–Crippen MR) is 67.9 cm³/mol. The second kappa shape index (κ2) is 5.23. The number of Topliss-reactive ketones (excluding diaryl/α,β-unsaturated/α-hetero) is 1. The summed E-state index contributed by atoms with van der Waals surface area (Å²) < 4.78 is 2.67. The monoisotopic (exact) mass is 293 g/mol. The minimum Gasteiger partial charge on any atom is -0.335 e. The Kier molecular flexibility index (Phi) is 3.68. The van der Waals surface area contributed by atoms with Crippen LogP contribution in [0, 0.1) is 0 Å². The SMILES string of the molecule is CCn1ccnc1CC(=O)c1ncccc1Br. The Hall–Kier alpha value is -1.49. The van der Waals surface area contributed by atoms with Crippen LogP contribution in [0.15, 0.2) is 35.2 Å². The molecular formula is C12H12BrN3O. The van der Waals surface area contributed by atoms with Gasteiger partial charge in [0.1, 0.15) is 11.5 Å². The molecule has 0 radical (unpaired) electrons. The fourth-order valence-corrected chi connectivity index (χ4v) is 2.09. The standard InChI is InChI=1S/C12H12BrN3O/c1-2-16-7-6-14-11(16)8-10(17)12-9(13)4-3-5-15-12/h3-7H,2,8H2,1H3. The number of rotatable bonds is 4. The third-order valence-corrected chi connectivity index (χ3v) is 3.12. The molecule has 0 aliphatic heterocycles. The van der Waals surface area contributed by atoms with E-state index < -0.39 is 0 Å². The van der Waals surface area contributed by atoms with Crippen molar-refractivity contribution in [2.75, 3.05) is 0 Å². The summed E-state index contributed by atoms with van der Waals surface area (Å²) in [6.07, 6.45) is 5.47. The van der Waals surface area contributed by atoms with Crippen molar-refractivity contribution < 1.29 is 4.79 Å². The Morgan fingerprint density at radius 3 is 2.94 bits per heavy atom. The maximum atomic E-state index is 12.1. The van der Waals surface area contributed by atoms with Gasteiger partial charge in [-0.3, -0.25) is 9.78 Å². The molecule has 0 N–H and O–H groups in total. The first-order valence-corrected chi connectivity index (χ1v) is 6.15. The molecule has 0 saturated heterocycles. The first kappa shape index (κ1) is 12.0. The molecule has 0 saturated carbocycles. The third kappa shape index (κ3) is 2.61. The van der Waals surface area contributed by atoms with Gasteiger partial charge in [0.15, 0.2) is 5.78 Å². The van der Waals surface area contributed by atoms with Crippen LogP contribution in [0.1, 0.15) is 23.2 Å². The summed E-state index contributed by atoms with van der Waals surface area (Å²) in [5.74, 6) is 0.744. The zero-order chi connectivity index (χ0) is 12.3. The highest BCUT2D eigenvalue weighted by molar-refractivity contribution is 9.10. The zero-order valence-corrected chi connectivity index (χ0v) is 11.0. The van der Waals surface area contributed by atoms with Crippen molar-refractivity contribution in [3.05, 3.63) is 46.7 Å². The second-order valence-corrected chi connectivity index (χ2v) is 4.42. The summed E-state index contributed by atoms with van der Waals surface area (Å²) in [6, 6.07) is 3.60. The molecule has 2 rings (SSSR count). The molecule has 2 aromatic heterocycles. The van der Waals surface area contributed by atoms with Gasteiger partial charge in [-0.05, 0) is 35.0 Å². The molecule has 2 heterocycles. The molecule has 17 heavy (non-hydrogen) atoms. The highest BCUT2D eigenvalue weighted by Crippen LogP contribution is 2.15. The molecule has 0 unspecified atom stereocenters. The number of hydrogen-bond donors (Lipinski definition) is 0. The van der Waals surface area contributed by atoms with Crippen LogP contribution in [-0.2, 0) is 13.0 Å². The molecule has 0 spiro atoms. The number of ketones is 1. The zero-order valence-electron chi connectivity index (χ0n) is 9.43. The maximum Gasteiger partial charge on any atom is 0.189 e. The normalized spacial score (nSPS) is 10.5. The van der Waals surface area contributed by atoms with E-state index in [0.717, 1.165) is 16.8 Å². The lowest BCUT2D eigenvalue weighted by molar-refractivity contribution is 0.0984. The number of carbonyl (C=O) groups excluding carboxylic acids is 1. The number of pyridine rings is 1. The Morgan fingerprint density at radius 1 is 1.41 bits per heavy atom. The van der Waals surface area contributed by atoms with Crippen molar-refractivity contribution in [2.45, 2.75) is 19.9 Å². The largest absolute Gasteiger partial charge is 0.335 e. The van der Waals surface area contributed by atoms with Crippen LogP contribution in [0.4, 0.5) is 0 Å². The topological polar surface area (TPSA) is 47.8 Å². The highest BCUT2D eigenvalue weighted by atomic mass is 79.9. The van der Waals surface area contributed by atoms with Crippen molar-refractivity contribution in [3.8, 4) is 0 Å². The number of halogens is 1. The predicted octanol–water partition coefficient (Wildman–Crippen LogP) is 2.49. The lowest BCUT2D eigenvalue weighted by Crippen LogP contribution is -2.11. The molecule has 88 valence electrons. The third-order valence-electron chi connectivity index (χ3n) is 2.48. The van der Waals surface area contributed by atoms with Gasteiger partial charge in [0.2, 0.25) is 0 Å². The van der Waals surface area contributed by atoms with E-state index in [1.807, 2.05) is 23.8 Å². The summed E-state index contributed by atoms with van der Waals surface area (Å²) in [6.45, 7) is 2.83. The van der Waals surface area contributed by atoms with E-state index in [-0.39, 0.29) is 12.2 Å². The number of carbonyl (C=O) groups is 1. The van der Waals surface area contributed by atoms with Crippen LogP contribution >= 0.6 is 15.9 Å².